The molecule has 0 bridgehead atoms. The number of carbonyl (C=O) groups excluding carboxylic acids is 1. The van der Waals surface area contributed by atoms with Crippen molar-refractivity contribution in [3.05, 3.63) is 35.8 Å². The van der Waals surface area contributed by atoms with Crippen LogP contribution in [0.4, 0.5) is 0 Å². The Morgan fingerprint density at radius 3 is 2.92 bits per heavy atom. The van der Waals surface area contributed by atoms with Crippen molar-refractivity contribution in [2.75, 3.05) is 25.4 Å². The van der Waals surface area contributed by atoms with E-state index in [-0.39, 0.29) is 42.7 Å². The van der Waals surface area contributed by atoms with E-state index in [1.807, 2.05) is 28.9 Å². The number of aliphatic hydroxyl groups is 1. The summed E-state index contributed by atoms with van der Waals surface area (Å²) in [5.41, 5.74) is 3.10. The number of nitrogens with zero attached hydrogens (tertiary/aromatic N) is 2. The molecule has 1 saturated heterocycles. The first-order valence-corrected chi connectivity index (χ1v) is 8.95. The number of aryl methyl sites for hydroxylation is 1. The Balaban J connectivity index is 0.00000156. The molecule has 1 aliphatic heterocycles. The van der Waals surface area contributed by atoms with Crippen molar-refractivity contribution in [1.82, 2.24) is 20.0 Å². The van der Waals surface area contributed by atoms with Crippen LogP contribution in [-0.4, -0.2) is 51.9 Å². The van der Waals surface area contributed by atoms with Gasteiger partial charge in [-0.3, -0.25) is 4.79 Å². The number of imidazole rings is 1. The van der Waals surface area contributed by atoms with Crippen molar-refractivity contribution in [1.29, 1.82) is 0 Å². The van der Waals surface area contributed by atoms with Gasteiger partial charge >= 0.3 is 0 Å². The smallest absolute Gasteiger partial charge is 0.230 e. The first-order chi connectivity index (χ1) is 11.1. The van der Waals surface area contributed by atoms with Gasteiger partial charge in [-0.15, -0.1) is 36.6 Å². The summed E-state index contributed by atoms with van der Waals surface area (Å²) >= 11 is 1.55. The number of rotatable bonds is 6. The Hall–Kier alpha value is -0.990. The molecule has 2 aromatic heterocycles. The van der Waals surface area contributed by atoms with E-state index in [0.717, 1.165) is 17.9 Å². The molecule has 0 aliphatic carbocycles. The summed E-state index contributed by atoms with van der Waals surface area (Å²) in [4.78, 5) is 16.4. The Kier molecular flexibility index (Phi) is 9.02. The van der Waals surface area contributed by atoms with E-state index in [1.165, 1.54) is 5.56 Å². The van der Waals surface area contributed by atoms with Crippen LogP contribution in [0.3, 0.4) is 0 Å². The average molecular weight is 407 g/mol. The number of carbonyl (C=O) groups is 1. The summed E-state index contributed by atoms with van der Waals surface area (Å²) in [5.74, 6) is 1.24. The zero-order valence-corrected chi connectivity index (χ0v) is 16.4. The third-order valence-electron chi connectivity index (χ3n) is 4.00. The summed E-state index contributed by atoms with van der Waals surface area (Å²) in [5, 5.41) is 15.7. The fraction of sp³-hybridized carbons (Fsp3) is 0.500. The molecule has 1 fully saturated rings. The highest BCUT2D eigenvalue weighted by Crippen LogP contribution is 2.14. The highest BCUT2D eigenvalue weighted by Gasteiger charge is 2.24. The number of hydrogen-bond donors (Lipinski definition) is 3. The molecule has 1 aliphatic rings. The van der Waals surface area contributed by atoms with Crippen LogP contribution in [0, 0.1) is 12.8 Å². The third kappa shape index (κ3) is 6.04. The van der Waals surface area contributed by atoms with Crippen molar-refractivity contribution in [3.8, 4) is 0 Å². The standard InChI is InChI=1S/C16H22N4O2S.2ClH/c1-11-2-3-15-19-13(8-20(15)7-11)9-23-10-16(22)18-5-12-4-17-6-14(12)21;;/h2-3,7-8,12,14,17,21H,4-6,9-10H2,1H3,(H,18,22);2*1H. The minimum atomic E-state index is -0.357. The number of aromatic nitrogens is 2. The second-order valence-corrected chi connectivity index (χ2v) is 6.97. The van der Waals surface area contributed by atoms with E-state index in [2.05, 4.69) is 22.5 Å². The van der Waals surface area contributed by atoms with Gasteiger partial charge in [0.1, 0.15) is 5.65 Å². The topological polar surface area (TPSA) is 78.7 Å². The zero-order valence-electron chi connectivity index (χ0n) is 14.0. The van der Waals surface area contributed by atoms with Crippen LogP contribution >= 0.6 is 36.6 Å². The largest absolute Gasteiger partial charge is 0.391 e. The molecule has 2 aromatic rings. The molecule has 3 rings (SSSR count). The van der Waals surface area contributed by atoms with Crippen molar-refractivity contribution in [2.24, 2.45) is 5.92 Å². The van der Waals surface area contributed by atoms with Crippen LogP contribution in [0.1, 0.15) is 11.3 Å². The number of hydrogen-bond acceptors (Lipinski definition) is 5. The van der Waals surface area contributed by atoms with Crippen molar-refractivity contribution in [2.45, 2.75) is 18.8 Å². The molecular weight excluding hydrogens is 383 g/mol. The van der Waals surface area contributed by atoms with Crippen molar-refractivity contribution >= 4 is 48.1 Å². The number of pyridine rings is 1. The predicted molar refractivity (Wildman–Crippen MR) is 106 cm³/mol. The number of aliphatic hydroxyl groups excluding tert-OH is 1. The fourth-order valence-electron chi connectivity index (χ4n) is 2.70. The van der Waals surface area contributed by atoms with Crippen LogP contribution in [0.5, 0.6) is 0 Å². The summed E-state index contributed by atoms with van der Waals surface area (Å²) in [6.45, 7) is 3.95. The van der Waals surface area contributed by atoms with Gasteiger partial charge in [0.25, 0.3) is 0 Å². The quantitative estimate of drug-likeness (QED) is 0.675. The third-order valence-corrected chi connectivity index (χ3v) is 4.96. The molecule has 0 saturated carbocycles. The molecule has 2 atom stereocenters. The first kappa shape index (κ1) is 22.1. The lowest BCUT2D eigenvalue weighted by Gasteiger charge is -2.13. The first-order valence-electron chi connectivity index (χ1n) is 7.79. The summed E-state index contributed by atoms with van der Waals surface area (Å²) in [7, 11) is 0. The summed E-state index contributed by atoms with van der Waals surface area (Å²) in [6.07, 6.45) is 3.70. The molecule has 6 nitrogen and oxygen atoms in total. The van der Waals surface area contributed by atoms with Gasteiger partial charge in [0.05, 0.1) is 17.6 Å². The average Bonchev–Trinajstić information content (AvgIpc) is 3.10. The molecule has 3 N–H and O–H groups in total. The Labute approximate surface area is 164 Å². The van der Waals surface area contributed by atoms with Gasteiger partial charge in [-0.2, -0.15) is 0 Å². The van der Waals surface area contributed by atoms with Crippen LogP contribution in [0.25, 0.3) is 5.65 Å². The molecular formula is C16H24Cl2N4O2S. The number of fused-ring (bicyclic) bond motifs is 1. The van der Waals surface area contributed by atoms with Gasteiger partial charge < -0.3 is 20.1 Å². The highest BCUT2D eigenvalue weighted by molar-refractivity contribution is 7.99. The monoisotopic (exact) mass is 406 g/mol. The van der Waals surface area contributed by atoms with E-state index >= 15 is 0 Å². The minimum absolute atomic E-state index is 0. The lowest BCUT2D eigenvalue weighted by atomic mass is 10.1. The zero-order chi connectivity index (χ0) is 16.2. The van der Waals surface area contributed by atoms with Crippen LogP contribution in [0.2, 0.25) is 0 Å². The van der Waals surface area contributed by atoms with E-state index in [4.69, 9.17) is 0 Å². The Morgan fingerprint density at radius 2 is 2.20 bits per heavy atom. The molecule has 2 unspecified atom stereocenters. The van der Waals surface area contributed by atoms with Gasteiger partial charge in [-0.25, -0.2) is 4.98 Å². The molecule has 140 valence electrons. The SMILES string of the molecule is Cc1ccc2nc(CSCC(=O)NCC3CNCC3O)cn2c1.Cl.Cl. The van der Waals surface area contributed by atoms with Crippen LogP contribution < -0.4 is 10.6 Å². The molecule has 1 amide bonds. The highest BCUT2D eigenvalue weighted by atomic mass is 35.5. The second kappa shape index (κ2) is 10.2. The summed E-state index contributed by atoms with van der Waals surface area (Å²) < 4.78 is 2.01. The molecule has 0 radical (unpaired) electrons. The fourth-order valence-corrected chi connectivity index (χ4v) is 3.43. The van der Waals surface area contributed by atoms with Crippen molar-refractivity contribution in [3.63, 3.8) is 0 Å². The maximum atomic E-state index is 11.9. The number of thioether (sulfide) groups is 1. The normalized spacial score (nSPS) is 19.3. The number of halogens is 2. The minimum Gasteiger partial charge on any atom is -0.391 e. The number of β-amino-alcohol motifs (C(OH)–C–C–N with tert-alkyl or cyclic N) is 1. The Bertz CT molecular complexity index is 698. The van der Waals surface area contributed by atoms with Gasteiger partial charge in [0.15, 0.2) is 0 Å². The molecule has 0 aromatic carbocycles. The molecule has 0 spiro atoms. The van der Waals surface area contributed by atoms with Crippen molar-refractivity contribution < 1.29 is 9.90 Å². The Morgan fingerprint density at radius 1 is 1.40 bits per heavy atom. The van der Waals surface area contributed by atoms with E-state index in [1.54, 1.807) is 11.8 Å². The lowest BCUT2D eigenvalue weighted by Crippen LogP contribution is -2.35. The lowest BCUT2D eigenvalue weighted by molar-refractivity contribution is -0.118. The number of nitrogens with one attached hydrogen (secondary N) is 2. The van der Waals surface area contributed by atoms with E-state index in [9.17, 15) is 9.90 Å². The van der Waals surface area contributed by atoms with Gasteiger partial charge in [0.2, 0.25) is 5.91 Å². The van der Waals surface area contributed by atoms with E-state index < -0.39 is 0 Å². The number of amides is 1. The molecule has 3 heterocycles. The van der Waals surface area contributed by atoms with Gasteiger partial charge in [0, 0.05) is 43.7 Å². The van der Waals surface area contributed by atoms with Crippen LogP contribution in [-0.2, 0) is 10.5 Å². The van der Waals surface area contributed by atoms with E-state index in [0.29, 0.717) is 24.6 Å². The van der Waals surface area contributed by atoms with Gasteiger partial charge in [-0.05, 0) is 18.6 Å². The van der Waals surface area contributed by atoms with Gasteiger partial charge in [-0.1, -0.05) is 6.07 Å². The summed E-state index contributed by atoms with van der Waals surface area (Å²) in [6, 6.07) is 4.04. The maximum Gasteiger partial charge on any atom is 0.230 e. The predicted octanol–water partition coefficient (Wildman–Crippen LogP) is 1.42. The second-order valence-electron chi connectivity index (χ2n) is 5.99. The van der Waals surface area contributed by atoms with Crippen LogP contribution in [0.15, 0.2) is 24.5 Å². The molecule has 25 heavy (non-hydrogen) atoms. The molecule has 9 heteroatoms. The maximum absolute atomic E-state index is 11.9.